The first kappa shape index (κ1) is 5.79. The third kappa shape index (κ3) is 2.28. The average molecular weight is 217 g/mol. The zero-order valence-corrected chi connectivity index (χ0v) is 8.17. The molecule has 0 aliphatic rings. The van der Waals surface area contributed by atoms with Crippen molar-refractivity contribution in [1.29, 1.82) is 0 Å². The fraction of sp³-hybridized carbons (Fsp3) is 0.273. The highest BCUT2D eigenvalue weighted by molar-refractivity contribution is 5.85. The fourth-order valence-electron chi connectivity index (χ4n) is 1.25. The van der Waals surface area contributed by atoms with Crippen molar-refractivity contribution < 1.29 is 11.3 Å². The van der Waals surface area contributed by atoms with Gasteiger partial charge in [0.25, 0.3) is 0 Å². The van der Waals surface area contributed by atoms with E-state index >= 15 is 0 Å². The first-order valence-electron chi connectivity index (χ1n) is 6.49. The molecule has 0 bridgehead atoms. The number of rotatable bonds is 2. The van der Waals surface area contributed by atoms with Crippen LogP contribution in [0.5, 0.6) is 0 Å². The van der Waals surface area contributed by atoms with Crippen molar-refractivity contribution in [2.45, 2.75) is 19.3 Å². The molecule has 0 saturated carbocycles. The van der Waals surface area contributed by atoms with Crippen LogP contribution in [0.4, 0.5) is 0 Å². The van der Waals surface area contributed by atoms with Gasteiger partial charge in [0.15, 0.2) is 0 Å². The first-order valence-corrected chi connectivity index (χ1v) is 3.92. The number of fused-ring (bicyclic) bond motifs is 1. The van der Waals surface area contributed by atoms with Crippen molar-refractivity contribution in [3.05, 3.63) is 36.1 Å². The molecule has 2 N–H and O–H groups in total. The van der Waals surface area contributed by atoms with Crippen molar-refractivity contribution in [1.82, 2.24) is 0 Å². The normalized spacial score (nSPS) is 23.1. The summed E-state index contributed by atoms with van der Waals surface area (Å²) in [4.78, 5) is 0. The summed E-state index contributed by atoms with van der Waals surface area (Å²) < 4.78 is 42.4. The SMILES string of the molecule is Cl.[2H]C(c1ccc2occc2c1)C([2H])(N)C([2H])([2H])[2H]. The van der Waals surface area contributed by atoms with E-state index < -0.39 is 19.3 Å². The van der Waals surface area contributed by atoms with Crippen molar-refractivity contribution in [3.8, 4) is 0 Å². The second kappa shape index (κ2) is 4.49. The van der Waals surface area contributed by atoms with Crippen LogP contribution in [0, 0.1) is 0 Å². The monoisotopic (exact) mass is 216 g/mol. The van der Waals surface area contributed by atoms with Crippen molar-refractivity contribution in [2.75, 3.05) is 0 Å². The Bertz CT molecular complexity index is 565. The van der Waals surface area contributed by atoms with Crippen molar-refractivity contribution in [3.63, 3.8) is 0 Å². The molecule has 2 atom stereocenters. The van der Waals surface area contributed by atoms with E-state index in [1.165, 1.54) is 6.26 Å². The molecule has 14 heavy (non-hydrogen) atoms. The summed E-state index contributed by atoms with van der Waals surface area (Å²) in [5.41, 5.74) is 6.51. The molecule has 0 radical (unpaired) electrons. The van der Waals surface area contributed by atoms with Gasteiger partial charge in [-0.15, -0.1) is 12.4 Å². The van der Waals surface area contributed by atoms with E-state index in [1.54, 1.807) is 24.3 Å². The summed E-state index contributed by atoms with van der Waals surface area (Å²) in [6, 6.07) is 4.19. The van der Waals surface area contributed by atoms with Crippen LogP contribution in [0.25, 0.3) is 11.0 Å². The molecule has 0 aliphatic heterocycles. The highest BCUT2D eigenvalue weighted by Crippen LogP contribution is 2.17. The van der Waals surface area contributed by atoms with Gasteiger partial charge < -0.3 is 10.2 Å². The number of furan rings is 1. The fourth-order valence-corrected chi connectivity index (χ4v) is 1.25. The minimum Gasteiger partial charge on any atom is -0.464 e. The molecule has 2 unspecified atom stereocenters. The van der Waals surface area contributed by atoms with E-state index in [0.29, 0.717) is 11.1 Å². The second-order valence-corrected chi connectivity index (χ2v) is 2.82. The zero-order chi connectivity index (χ0) is 13.6. The van der Waals surface area contributed by atoms with Crippen LogP contribution in [0.2, 0.25) is 0 Å². The van der Waals surface area contributed by atoms with E-state index in [2.05, 4.69) is 0 Å². The predicted octanol–water partition coefficient (Wildman–Crippen LogP) is 2.74. The maximum atomic E-state index is 7.90. The lowest BCUT2D eigenvalue weighted by Gasteiger charge is -2.04. The lowest BCUT2D eigenvalue weighted by Crippen LogP contribution is -2.17. The molecule has 0 spiro atoms. The molecule has 3 heteroatoms. The van der Waals surface area contributed by atoms with Crippen LogP contribution in [0.1, 0.15) is 19.3 Å². The maximum Gasteiger partial charge on any atom is 0.133 e. The smallest absolute Gasteiger partial charge is 0.133 e. The quantitative estimate of drug-likeness (QED) is 0.839. The van der Waals surface area contributed by atoms with Gasteiger partial charge in [0.2, 0.25) is 0 Å². The third-order valence-corrected chi connectivity index (χ3v) is 1.80. The first-order chi connectivity index (χ1) is 8.23. The van der Waals surface area contributed by atoms with Crippen LogP contribution in [-0.2, 0) is 6.40 Å². The van der Waals surface area contributed by atoms with E-state index in [9.17, 15) is 0 Å². The number of hydrogen-bond acceptors (Lipinski definition) is 2. The minimum absolute atomic E-state index is 0. The number of benzene rings is 1. The van der Waals surface area contributed by atoms with Crippen LogP contribution in [-0.4, -0.2) is 6.02 Å². The number of nitrogens with two attached hydrogens (primary N) is 1. The van der Waals surface area contributed by atoms with Crippen LogP contribution in [0.3, 0.4) is 0 Å². The number of hydrogen-bond donors (Lipinski definition) is 1. The number of halogens is 1. The molecule has 2 aromatic rings. The zero-order valence-electron chi connectivity index (χ0n) is 12.4. The summed E-state index contributed by atoms with van der Waals surface area (Å²) in [6.07, 6.45) is 0.150. The van der Waals surface area contributed by atoms with Gasteiger partial charge in [0.05, 0.1) is 6.26 Å². The van der Waals surface area contributed by atoms with Crippen molar-refractivity contribution in [2.24, 2.45) is 5.73 Å². The Kier molecular flexibility index (Phi) is 1.85. The van der Waals surface area contributed by atoms with Gasteiger partial charge in [0.1, 0.15) is 5.58 Å². The Morgan fingerprint density at radius 2 is 2.50 bits per heavy atom. The summed E-state index contributed by atoms with van der Waals surface area (Å²) >= 11 is 0. The second-order valence-electron chi connectivity index (χ2n) is 2.82. The third-order valence-electron chi connectivity index (χ3n) is 1.80. The summed E-state index contributed by atoms with van der Waals surface area (Å²) in [5.74, 6) is 0. The van der Waals surface area contributed by atoms with E-state index in [4.69, 9.17) is 17.0 Å². The highest BCUT2D eigenvalue weighted by Gasteiger charge is 2.00. The van der Waals surface area contributed by atoms with Gasteiger partial charge in [-0.3, -0.25) is 0 Å². The van der Waals surface area contributed by atoms with Gasteiger partial charge in [-0.2, -0.15) is 0 Å². The molecule has 1 aromatic carbocycles. The predicted molar refractivity (Wildman–Crippen MR) is 60.8 cm³/mol. The minimum atomic E-state index is -2.72. The van der Waals surface area contributed by atoms with Crippen molar-refractivity contribution >= 4 is 23.4 Å². The van der Waals surface area contributed by atoms with E-state index in [-0.39, 0.29) is 12.4 Å². The van der Waals surface area contributed by atoms with Gasteiger partial charge in [0, 0.05) is 18.3 Å². The molecule has 1 aromatic heterocycles. The summed E-state index contributed by atoms with van der Waals surface area (Å²) in [6.45, 7) is -2.72. The summed E-state index contributed by atoms with van der Waals surface area (Å²) in [7, 11) is 0. The van der Waals surface area contributed by atoms with Gasteiger partial charge in [-0.05, 0) is 37.0 Å². The van der Waals surface area contributed by atoms with Gasteiger partial charge >= 0.3 is 0 Å². The highest BCUT2D eigenvalue weighted by atomic mass is 35.5. The largest absolute Gasteiger partial charge is 0.464 e. The van der Waals surface area contributed by atoms with Crippen LogP contribution in [0.15, 0.2) is 34.9 Å². The van der Waals surface area contributed by atoms with E-state index in [0.717, 1.165) is 5.39 Å². The Labute approximate surface area is 96.5 Å². The molecule has 0 fully saturated rings. The van der Waals surface area contributed by atoms with Gasteiger partial charge in [-0.1, -0.05) is 6.07 Å². The topological polar surface area (TPSA) is 39.2 Å². The van der Waals surface area contributed by atoms with Crippen LogP contribution < -0.4 is 5.73 Å². The molecule has 2 nitrogen and oxygen atoms in total. The van der Waals surface area contributed by atoms with E-state index in [1.807, 2.05) is 0 Å². The Morgan fingerprint density at radius 3 is 3.29 bits per heavy atom. The molecular weight excluding hydrogens is 198 g/mol. The molecule has 2 rings (SSSR count). The molecule has 0 amide bonds. The molecule has 0 aliphatic carbocycles. The average Bonchev–Trinajstić information content (AvgIpc) is 2.73. The van der Waals surface area contributed by atoms with Gasteiger partial charge in [-0.25, -0.2) is 0 Å². The molecule has 0 saturated heterocycles. The van der Waals surface area contributed by atoms with Crippen LogP contribution >= 0.6 is 12.4 Å². The molecule has 1 heterocycles. The molecule has 76 valence electrons. The summed E-state index contributed by atoms with van der Waals surface area (Å²) in [5, 5.41) is 0.756. The molecular formula is C11H14ClNO. The Morgan fingerprint density at radius 1 is 1.64 bits per heavy atom. The lowest BCUT2D eigenvalue weighted by atomic mass is 10.1. The maximum absolute atomic E-state index is 7.90. The lowest BCUT2D eigenvalue weighted by molar-refractivity contribution is 0.615. The Hall–Kier alpha value is -0.990. The standard InChI is InChI=1S/C11H13NO.ClH/c1-8(12)6-9-2-3-11-10(7-9)4-5-13-11;/h2-5,7-8H,6,12H2,1H3;1H/i1D3,6D,8D;. The Balaban J connectivity index is 0.00000180.